The lowest BCUT2D eigenvalue weighted by atomic mass is 10.1. The zero-order valence-electron chi connectivity index (χ0n) is 7.32. The minimum absolute atomic E-state index is 0.994. The zero-order chi connectivity index (χ0) is 8.39. The molecule has 3 heteroatoms. The van der Waals surface area contributed by atoms with Gasteiger partial charge in [-0.3, -0.25) is 4.90 Å². The van der Waals surface area contributed by atoms with Gasteiger partial charge in [-0.15, -0.1) is 0 Å². The first-order chi connectivity index (χ1) is 5.90. The van der Waals surface area contributed by atoms with Crippen LogP contribution in [0.2, 0.25) is 0 Å². The van der Waals surface area contributed by atoms with E-state index in [9.17, 15) is 0 Å². The minimum Gasteiger partial charge on any atom is -0.297 e. The SMILES string of the molecule is CCN1CCc2cncnc2C1. The molecular formula is C9H13N3. The average Bonchev–Trinajstić information content (AvgIpc) is 2.17. The molecule has 1 aromatic rings. The van der Waals surface area contributed by atoms with Gasteiger partial charge in [-0.2, -0.15) is 0 Å². The van der Waals surface area contributed by atoms with Gasteiger partial charge in [-0.1, -0.05) is 6.92 Å². The molecular weight excluding hydrogens is 150 g/mol. The molecule has 0 saturated heterocycles. The predicted octanol–water partition coefficient (Wildman–Crippen LogP) is 0.855. The lowest BCUT2D eigenvalue weighted by Gasteiger charge is -2.25. The summed E-state index contributed by atoms with van der Waals surface area (Å²) in [6.07, 6.45) is 4.68. The van der Waals surface area contributed by atoms with Crippen LogP contribution >= 0.6 is 0 Å². The number of hydrogen-bond acceptors (Lipinski definition) is 3. The van der Waals surface area contributed by atoms with Gasteiger partial charge in [0.2, 0.25) is 0 Å². The van der Waals surface area contributed by atoms with Crippen molar-refractivity contribution in [1.29, 1.82) is 0 Å². The molecule has 0 spiro atoms. The van der Waals surface area contributed by atoms with Gasteiger partial charge < -0.3 is 0 Å². The molecule has 0 aromatic carbocycles. The molecule has 2 rings (SSSR count). The van der Waals surface area contributed by atoms with Gasteiger partial charge in [0, 0.05) is 19.3 Å². The smallest absolute Gasteiger partial charge is 0.115 e. The minimum atomic E-state index is 0.994. The van der Waals surface area contributed by atoms with Crippen molar-refractivity contribution in [3.63, 3.8) is 0 Å². The predicted molar refractivity (Wildman–Crippen MR) is 46.7 cm³/mol. The molecule has 0 fully saturated rings. The first kappa shape index (κ1) is 7.68. The molecule has 0 atom stereocenters. The molecule has 1 aromatic heterocycles. The molecule has 3 nitrogen and oxygen atoms in total. The van der Waals surface area contributed by atoms with Crippen molar-refractivity contribution >= 4 is 0 Å². The third kappa shape index (κ3) is 1.32. The number of aromatic nitrogens is 2. The van der Waals surface area contributed by atoms with E-state index >= 15 is 0 Å². The average molecular weight is 163 g/mol. The summed E-state index contributed by atoms with van der Waals surface area (Å²) in [5, 5.41) is 0. The van der Waals surface area contributed by atoms with Crippen molar-refractivity contribution in [3.05, 3.63) is 23.8 Å². The summed E-state index contributed by atoms with van der Waals surface area (Å²) in [4.78, 5) is 10.7. The fourth-order valence-corrected chi connectivity index (χ4v) is 1.57. The Balaban J connectivity index is 2.23. The molecule has 12 heavy (non-hydrogen) atoms. The van der Waals surface area contributed by atoms with Crippen LogP contribution in [0.15, 0.2) is 12.5 Å². The van der Waals surface area contributed by atoms with Crippen LogP contribution in [-0.2, 0) is 13.0 Å². The molecule has 0 radical (unpaired) electrons. The molecule has 0 bridgehead atoms. The molecule has 1 aliphatic rings. The van der Waals surface area contributed by atoms with Gasteiger partial charge in [-0.25, -0.2) is 9.97 Å². The first-order valence-corrected chi connectivity index (χ1v) is 4.40. The quantitative estimate of drug-likeness (QED) is 0.614. The second kappa shape index (κ2) is 3.19. The van der Waals surface area contributed by atoms with Crippen LogP contribution in [0, 0.1) is 0 Å². The highest BCUT2D eigenvalue weighted by molar-refractivity contribution is 5.18. The van der Waals surface area contributed by atoms with E-state index in [-0.39, 0.29) is 0 Å². The van der Waals surface area contributed by atoms with Crippen molar-refractivity contribution in [2.24, 2.45) is 0 Å². The van der Waals surface area contributed by atoms with E-state index < -0.39 is 0 Å². The lowest BCUT2D eigenvalue weighted by Crippen LogP contribution is -2.30. The standard InChI is InChI=1S/C9H13N3/c1-2-12-4-3-8-5-10-7-11-9(8)6-12/h5,7H,2-4,6H2,1H3. The maximum atomic E-state index is 4.26. The van der Waals surface area contributed by atoms with Crippen LogP contribution in [0.5, 0.6) is 0 Å². The lowest BCUT2D eigenvalue weighted by molar-refractivity contribution is 0.263. The molecule has 64 valence electrons. The summed E-state index contributed by atoms with van der Waals surface area (Å²) in [5.74, 6) is 0. The Morgan fingerprint density at radius 1 is 1.58 bits per heavy atom. The third-order valence-electron chi connectivity index (χ3n) is 2.40. The topological polar surface area (TPSA) is 29.0 Å². The number of likely N-dealkylation sites (N-methyl/N-ethyl adjacent to an activating group) is 1. The Hall–Kier alpha value is -0.960. The Labute approximate surface area is 72.4 Å². The summed E-state index contributed by atoms with van der Waals surface area (Å²) in [5.41, 5.74) is 2.53. The Morgan fingerprint density at radius 2 is 2.50 bits per heavy atom. The molecule has 0 unspecified atom stereocenters. The largest absolute Gasteiger partial charge is 0.297 e. The summed E-state index contributed by atoms with van der Waals surface area (Å²) >= 11 is 0. The second-order valence-corrected chi connectivity index (χ2v) is 3.11. The molecule has 0 N–H and O–H groups in total. The van der Waals surface area contributed by atoms with Gasteiger partial charge in [0.25, 0.3) is 0 Å². The van der Waals surface area contributed by atoms with E-state index in [1.807, 2.05) is 6.20 Å². The van der Waals surface area contributed by atoms with E-state index in [1.54, 1.807) is 6.33 Å². The fourth-order valence-electron chi connectivity index (χ4n) is 1.57. The van der Waals surface area contributed by atoms with Crippen LogP contribution in [0.25, 0.3) is 0 Å². The number of hydrogen-bond donors (Lipinski definition) is 0. The Morgan fingerprint density at radius 3 is 3.33 bits per heavy atom. The number of rotatable bonds is 1. The Bertz CT molecular complexity index is 272. The maximum absolute atomic E-state index is 4.26. The summed E-state index contributed by atoms with van der Waals surface area (Å²) in [7, 11) is 0. The van der Waals surface area contributed by atoms with E-state index in [4.69, 9.17) is 0 Å². The van der Waals surface area contributed by atoms with Gasteiger partial charge in [0.15, 0.2) is 0 Å². The van der Waals surface area contributed by atoms with E-state index in [2.05, 4.69) is 21.8 Å². The highest BCUT2D eigenvalue weighted by Gasteiger charge is 2.14. The van der Waals surface area contributed by atoms with Crippen molar-refractivity contribution in [2.75, 3.05) is 13.1 Å². The van der Waals surface area contributed by atoms with Gasteiger partial charge in [0.05, 0.1) is 5.69 Å². The summed E-state index contributed by atoms with van der Waals surface area (Å²) < 4.78 is 0. The number of nitrogens with zero attached hydrogens (tertiary/aromatic N) is 3. The van der Waals surface area contributed by atoms with E-state index in [1.165, 1.54) is 11.3 Å². The third-order valence-corrected chi connectivity index (χ3v) is 2.40. The van der Waals surface area contributed by atoms with Crippen molar-refractivity contribution in [2.45, 2.75) is 19.9 Å². The van der Waals surface area contributed by atoms with Crippen molar-refractivity contribution in [1.82, 2.24) is 14.9 Å². The van der Waals surface area contributed by atoms with Gasteiger partial charge in [0.1, 0.15) is 6.33 Å². The summed E-state index contributed by atoms with van der Waals surface area (Å²) in [6.45, 7) is 5.45. The highest BCUT2D eigenvalue weighted by Crippen LogP contribution is 2.14. The molecule has 0 amide bonds. The van der Waals surface area contributed by atoms with E-state index in [0.29, 0.717) is 0 Å². The highest BCUT2D eigenvalue weighted by atomic mass is 15.1. The van der Waals surface area contributed by atoms with Crippen LogP contribution < -0.4 is 0 Å². The van der Waals surface area contributed by atoms with Crippen molar-refractivity contribution < 1.29 is 0 Å². The van der Waals surface area contributed by atoms with Gasteiger partial charge in [-0.05, 0) is 18.5 Å². The van der Waals surface area contributed by atoms with Crippen LogP contribution in [0.3, 0.4) is 0 Å². The first-order valence-electron chi connectivity index (χ1n) is 4.40. The second-order valence-electron chi connectivity index (χ2n) is 3.11. The van der Waals surface area contributed by atoms with Crippen LogP contribution in [-0.4, -0.2) is 28.0 Å². The maximum Gasteiger partial charge on any atom is 0.115 e. The van der Waals surface area contributed by atoms with Crippen LogP contribution in [0.4, 0.5) is 0 Å². The monoisotopic (exact) mass is 163 g/mol. The van der Waals surface area contributed by atoms with E-state index in [0.717, 1.165) is 26.1 Å². The number of fused-ring (bicyclic) bond motifs is 1. The molecule has 0 aliphatic carbocycles. The molecule has 1 aliphatic heterocycles. The van der Waals surface area contributed by atoms with Gasteiger partial charge >= 0.3 is 0 Å². The van der Waals surface area contributed by atoms with Crippen LogP contribution in [0.1, 0.15) is 18.2 Å². The normalized spacial score (nSPS) is 17.4. The molecule has 2 heterocycles. The Kier molecular flexibility index (Phi) is 2.04. The van der Waals surface area contributed by atoms with Crippen molar-refractivity contribution in [3.8, 4) is 0 Å². The fraction of sp³-hybridized carbons (Fsp3) is 0.556. The molecule has 0 saturated carbocycles. The zero-order valence-corrected chi connectivity index (χ0v) is 7.32. The summed E-state index contributed by atoms with van der Waals surface area (Å²) in [6, 6.07) is 0.